The highest BCUT2D eigenvalue weighted by Crippen LogP contribution is 2.22. The highest BCUT2D eigenvalue weighted by atomic mass is 16.5. The lowest BCUT2D eigenvalue weighted by molar-refractivity contribution is 0.483. The van der Waals surface area contributed by atoms with Crippen LogP contribution < -0.4 is 9.96 Å². The summed E-state index contributed by atoms with van der Waals surface area (Å²) in [4.78, 5) is 0. The van der Waals surface area contributed by atoms with Crippen molar-refractivity contribution >= 4 is 20.7 Å². The van der Waals surface area contributed by atoms with Crippen LogP contribution in [0.15, 0.2) is 54.6 Å². The van der Waals surface area contributed by atoms with Crippen molar-refractivity contribution in [3.8, 4) is 11.5 Å². The van der Waals surface area contributed by atoms with Gasteiger partial charge in [-0.1, -0.05) is 18.2 Å². The highest BCUT2D eigenvalue weighted by molar-refractivity contribution is 6.91. The molecule has 2 aromatic rings. The summed E-state index contributed by atoms with van der Waals surface area (Å²) in [5.41, 5.74) is 1.11. The van der Waals surface area contributed by atoms with Crippen LogP contribution in [0, 0.1) is 0 Å². The Morgan fingerprint density at radius 3 is 2.12 bits per heavy atom. The third-order valence-corrected chi connectivity index (χ3v) is 2.21. The van der Waals surface area contributed by atoms with Crippen LogP contribution in [0.25, 0.3) is 0 Å². The molecule has 0 bridgehead atoms. The van der Waals surface area contributed by atoms with Gasteiger partial charge in [-0.3, -0.25) is 0 Å². The van der Waals surface area contributed by atoms with Gasteiger partial charge < -0.3 is 9.96 Å². The molecule has 4 heteroatoms. The molecule has 0 fully saturated rings. The minimum atomic E-state index is 0.854. The molecule has 0 aliphatic heterocycles. The molecule has 0 aromatic heterocycles. The molecule has 78 valence electrons. The molecule has 0 radical (unpaired) electrons. The van der Waals surface area contributed by atoms with E-state index in [4.69, 9.17) is 4.74 Å². The second-order valence-corrected chi connectivity index (χ2v) is 3.47. The molecule has 0 unspecified atom stereocenters. The minimum absolute atomic E-state index is 0.854. The van der Waals surface area contributed by atoms with Gasteiger partial charge in [-0.2, -0.15) is 0 Å². The molecule has 0 atom stereocenters. The summed E-state index contributed by atoms with van der Waals surface area (Å²) >= 11 is 0. The van der Waals surface area contributed by atoms with Crippen molar-refractivity contribution < 1.29 is 4.74 Å². The SMILES string of the molecule is BBNc1ccc(Oc2ccccc2)cc1. The third-order valence-electron chi connectivity index (χ3n) is 2.21. The first kappa shape index (κ1) is 10.7. The van der Waals surface area contributed by atoms with Crippen molar-refractivity contribution in [2.24, 2.45) is 0 Å². The summed E-state index contributed by atoms with van der Waals surface area (Å²) in [5.74, 6) is 1.71. The molecule has 0 saturated carbocycles. The quantitative estimate of drug-likeness (QED) is 0.774. The lowest BCUT2D eigenvalue weighted by Crippen LogP contribution is -2.04. The fourth-order valence-corrected chi connectivity index (χ4v) is 1.47. The Kier molecular flexibility index (Phi) is 3.54. The first-order valence-electron chi connectivity index (χ1n) is 5.45. The summed E-state index contributed by atoms with van der Waals surface area (Å²) in [6, 6.07) is 17.7. The Balaban J connectivity index is 2.05. The maximum absolute atomic E-state index is 5.68. The lowest BCUT2D eigenvalue weighted by atomic mass is 9.67. The van der Waals surface area contributed by atoms with Crippen molar-refractivity contribution in [3.63, 3.8) is 0 Å². The zero-order valence-corrected chi connectivity index (χ0v) is 9.31. The Labute approximate surface area is 97.3 Å². The molecule has 2 aromatic carbocycles. The molecule has 1 N–H and O–H groups in total. The highest BCUT2D eigenvalue weighted by Gasteiger charge is 1.96. The maximum atomic E-state index is 5.68. The van der Waals surface area contributed by atoms with Gasteiger partial charge in [0.1, 0.15) is 11.5 Å². The molecular formula is C12H13B2NO. The van der Waals surface area contributed by atoms with E-state index in [1.54, 1.807) is 0 Å². The Morgan fingerprint density at radius 2 is 1.50 bits per heavy atom. The first-order valence-corrected chi connectivity index (χ1v) is 5.45. The predicted octanol–water partition coefficient (Wildman–Crippen LogP) is 1.79. The summed E-state index contributed by atoms with van der Waals surface area (Å²) in [6.45, 7) is 0. The van der Waals surface area contributed by atoms with Crippen LogP contribution in [0.4, 0.5) is 5.69 Å². The largest absolute Gasteiger partial charge is 0.457 e. The second-order valence-electron chi connectivity index (χ2n) is 3.47. The molecule has 0 saturated heterocycles. The molecule has 0 aliphatic carbocycles. The second kappa shape index (κ2) is 5.31. The van der Waals surface area contributed by atoms with Gasteiger partial charge in [0.2, 0.25) is 0 Å². The number of ether oxygens (including phenoxy) is 1. The average Bonchev–Trinajstić information content (AvgIpc) is 2.33. The normalized spacial score (nSPS) is 9.50. The fourth-order valence-electron chi connectivity index (χ4n) is 1.47. The molecule has 0 heterocycles. The standard InChI is InChI=1S/C12H13B2NO/c13-14-15-10-6-8-12(9-7-10)16-11-4-2-1-3-5-11/h1-9,14-15H,13H2. The van der Waals surface area contributed by atoms with Crippen LogP contribution in [0.5, 0.6) is 11.5 Å². The number of para-hydroxylation sites is 1. The minimum Gasteiger partial charge on any atom is -0.457 e. The van der Waals surface area contributed by atoms with Gasteiger partial charge in [0, 0.05) is 5.69 Å². The van der Waals surface area contributed by atoms with E-state index in [1.165, 1.54) is 0 Å². The molecule has 0 aliphatic rings. The smallest absolute Gasteiger partial charge is 0.188 e. The van der Waals surface area contributed by atoms with E-state index in [9.17, 15) is 0 Å². The number of anilines is 1. The van der Waals surface area contributed by atoms with Crippen LogP contribution in [-0.4, -0.2) is 15.0 Å². The molecule has 0 spiro atoms. The topological polar surface area (TPSA) is 21.3 Å². The Bertz CT molecular complexity index is 431. The van der Waals surface area contributed by atoms with E-state index in [0.717, 1.165) is 24.5 Å². The number of hydrogen-bond donors (Lipinski definition) is 1. The van der Waals surface area contributed by atoms with Crippen molar-refractivity contribution in [1.29, 1.82) is 0 Å². The summed E-state index contributed by atoms with van der Waals surface area (Å²) in [6.07, 6.45) is 0. The van der Waals surface area contributed by atoms with Crippen LogP contribution in [0.2, 0.25) is 0 Å². The maximum Gasteiger partial charge on any atom is 0.188 e. The van der Waals surface area contributed by atoms with Crippen molar-refractivity contribution in [2.45, 2.75) is 0 Å². The van der Waals surface area contributed by atoms with Gasteiger partial charge in [0.25, 0.3) is 0 Å². The van der Waals surface area contributed by atoms with Crippen LogP contribution >= 0.6 is 0 Å². The molecule has 2 nitrogen and oxygen atoms in total. The van der Waals surface area contributed by atoms with E-state index in [1.807, 2.05) is 54.6 Å². The molecule has 16 heavy (non-hydrogen) atoms. The average molecular weight is 209 g/mol. The number of benzene rings is 2. The van der Waals surface area contributed by atoms with E-state index < -0.39 is 0 Å². The van der Waals surface area contributed by atoms with Gasteiger partial charge in [0.05, 0.1) is 7.74 Å². The number of rotatable bonds is 4. The van der Waals surface area contributed by atoms with Gasteiger partial charge in [0.15, 0.2) is 7.31 Å². The van der Waals surface area contributed by atoms with Gasteiger partial charge in [-0.15, -0.1) is 0 Å². The van der Waals surface area contributed by atoms with E-state index in [2.05, 4.69) is 13.0 Å². The van der Waals surface area contributed by atoms with Crippen molar-refractivity contribution in [1.82, 2.24) is 0 Å². The molecule has 0 amide bonds. The zero-order chi connectivity index (χ0) is 11.2. The van der Waals surface area contributed by atoms with Crippen molar-refractivity contribution in [3.05, 3.63) is 54.6 Å². The summed E-state index contributed by atoms with van der Waals surface area (Å²) < 4.78 is 5.68. The fraction of sp³-hybridized carbons (Fsp3) is 0. The van der Waals surface area contributed by atoms with E-state index in [0.29, 0.717) is 0 Å². The van der Waals surface area contributed by atoms with Gasteiger partial charge in [-0.25, -0.2) is 0 Å². The van der Waals surface area contributed by atoms with Gasteiger partial charge in [-0.05, 0) is 36.4 Å². The molecule has 2 rings (SSSR count). The number of nitrogens with one attached hydrogen (secondary N) is 1. The number of hydrogen-bond acceptors (Lipinski definition) is 2. The van der Waals surface area contributed by atoms with Crippen LogP contribution in [0.1, 0.15) is 0 Å². The summed E-state index contributed by atoms with van der Waals surface area (Å²) in [7, 11) is 3.01. The molecular weight excluding hydrogens is 196 g/mol. The zero-order valence-electron chi connectivity index (χ0n) is 9.31. The first-order chi connectivity index (χ1) is 7.88. The van der Waals surface area contributed by atoms with E-state index >= 15 is 0 Å². The van der Waals surface area contributed by atoms with E-state index in [-0.39, 0.29) is 0 Å². The van der Waals surface area contributed by atoms with Crippen LogP contribution in [0.3, 0.4) is 0 Å². The van der Waals surface area contributed by atoms with Crippen LogP contribution in [-0.2, 0) is 0 Å². The Morgan fingerprint density at radius 1 is 0.875 bits per heavy atom. The Hall–Kier alpha value is -1.83. The predicted molar refractivity (Wildman–Crippen MR) is 72.3 cm³/mol. The van der Waals surface area contributed by atoms with Gasteiger partial charge >= 0.3 is 0 Å². The third kappa shape index (κ3) is 2.83. The summed E-state index contributed by atoms with van der Waals surface area (Å²) in [5, 5.41) is 3.24. The lowest BCUT2D eigenvalue weighted by Gasteiger charge is -2.07. The monoisotopic (exact) mass is 209 g/mol. The van der Waals surface area contributed by atoms with Crippen molar-refractivity contribution in [2.75, 3.05) is 5.23 Å².